The molecule has 3 aromatic rings. The molecule has 2 aromatic carbocycles. The summed E-state index contributed by atoms with van der Waals surface area (Å²) in [6, 6.07) is 10.2. The van der Waals surface area contributed by atoms with E-state index in [1.807, 2.05) is 32.9 Å². The van der Waals surface area contributed by atoms with Crippen LogP contribution in [0.15, 0.2) is 42.5 Å². The molecule has 1 atom stereocenters. The summed E-state index contributed by atoms with van der Waals surface area (Å²) in [6.45, 7) is 6.24. The van der Waals surface area contributed by atoms with E-state index in [0.29, 0.717) is 17.8 Å². The highest BCUT2D eigenvalue weighted by Gasteiger charge is 2.30. The van der Waals surface area contributed by atoms with Crippen LogP contribution in [0.3, 0.4) is 0 Å². The van der Waals surface area contributed by atoms with Crippen molar-refractivity contribution in [1.29, 1.82) is 0 Å². The summed E-state index contributed by atoms with van der Waals surface area (Å²) in [6.07, 6.45) is -4.36. The Labute approximate surface area is 171 Å². The van der Waals surface area contributed by atoms with Gasteiger partial charge in [-0.05, 0) is 55.3 Å². The third-order valence-corrected chi connectivity index (χ3v) is 5.54. The maximum Gasteiger partial charge on any atom is 0.416 e. The second-order valence-corrected chi connectivity index (χ2v) is 8.43. The van der Waals surface area contributed by atoms with E-state index in [9.17, 15) is 18.0 Å². The molecule has 1 heterocycles. The number of nitrogens with zero attached hydrogens (tertiary/aromatic N) is 1. The van der Waals surface area contributed by atoms with Gasteiger partial charge in [0.15, 0.2) is 0 Å². The van der Waals surface area contributed by atoms with Gasteiger partial charge in [0.2, 0.25) is 0 Å². The van der Waals surface area contributed by atoms with E-state index >= 15 is 0 Å². The molecule has 0 aliphatic rings. The minimum atomic E-state index is -4.36. The van der Waals surface area contributed by atoms with Gasteiger partial charge in [-0.15, -0.1) is 11.3 Å². The lowest BCUT2D eigenvalue weighted by Crippen LogP contribution is -2.39. The number of nitrogens with one attached hydrogen (secondary N) is 2. The first-order valence-electron chi connectivity index (χ1n) is 9.22. The highest BCUT2D eigenvalue weighted by Crippen LogP contribution is 2.30. The Morgan fingerprint density at radius 3 is 2.45 bits per heavy atom. The summed E-state index contributed by atoms with van der Waals surface area (Å²) >= 11 is 1.53. The zero-order valence-electron chi connectivity index (χ0n) is 16.3. The average Bonchev–Trinajstić information content (AvgIpc) is 3.03. The van der Waals surface area contributed by atoms with Gasteiger partial charge in [0, 0.05) is 23.8 Å². The van der Waals surface area contributed by atoms with Gasteiger partial charge in [-0.1, -0.05) is 13.8 Å². The lowest BCUT2D eigenvalue weighted by molar-refractivity contribution is -0.137. The largest absolute Gasteiger partial charge is 0.416 e. The fourth-order valence-electron chi connectivity index (χ4n) is 2.91. The van der Waals surface area contributed by atoms with Crippen molar-refractivity contribution in [2.24, 2.45) is 5.92 Å². The summed E-state index contributed by atoms with van der Waals surface area (Å²) < 4.78 is 39.1. The van der Waals surface area contributed by atoms with Crippen molar-refractivity contribution in [3.05, 3.63) is 58.6 Å². The van der Waals surface area contributed by atoms with E-state index in [0.717, 1.165) is 27.4 Å². The van der Waals surface area contributed by atoms with E-state index in [2.05, 4.69) is 15.6 Å². The number of aromatic nitrogens is 1. The van der Waals surface area contributed by atoms with Crippen molar-refractivity contribution in [3.63, 3.8) is 0 Å². The van der Waals surface area contributed by atoms with Crippen LogP contribution in [-0.2, 0) is 6.18 Å². The van der Waals surface area contributed by atoms with Crippen molar-refractivity contribution >= 4 is 33.1 Å². The second-order valence-electron chi connectivity index (χ2n) is 7.20. The summed E-state index contributed by atoms with van der Waals surface area (Å²) in [4.78, 5) is 16.9. The SMILES string of the molecule is Cc1nc2ccc(C(=O)NC[C@H](Nc3ccc(C(F)(F)F)cc3)C(C)C)cc2s1. The van der Waals surface area contributed by atoms with Gasteiger partial charge in [0.25, 0.3) is 5.91 Å². The van der Waals surface area contributed by atoms with Gasteiger partial charge in [-0.25, -0.2) is 4.98 Å². The van der Waals surface area contributed by atoms with Crippen LogP contribution in [0.1, 0.15) is 34.8 Å². The Hall–Kier alpha value is -2.61. The Morgan fingerprint density at radius 1 is 1.14 bits per heavy atom. The number of alkyl halides is 3. The zero-order valence-corrected chi connectivity index (χ0v) is 17.1. The van der Waals surface area contributed by atoms with Gasteiger partial charge in [0.05, 0.1) is 20.8 Å². The molecule has 0 spiro atoms. The monoisotopic (exact) mass is 421 g/mol. The number of carbonyl (C=O) groups excluding carboxylic acids is 1. The van der Waals surface area contributed by atoms with E-state index in [4.69, 9.17) is 0 Å². The molecule has 0 radical (unpaired) electrons. The standard InChI is InChI=1S/C21H22F3N3OS/c1-12(2)18(27-16-7-5-15(6-8-16)21(22,23)24)11-25-20(28)14-4-9-17-19(10-14)29-13(3)26-17/h4-10,12,18,27H,11H2,1-3H3,(H,25,28)/t18-/m0/s1. The molecule has 0 fully saturated rings. The van der Waals surface area contributed by atoms with E-state index in [1.165, 1.54) is 23.5 Å². The molecule has 154 valence electrons. The molecular weight excluding hydrogens is 399 g/mol. The van der Waals surface area contributed by atoms with Gasteiger partial charge in [-0.3, -0.25) is 4.79 Å². The quantitative estimate of drug-likeness (QED) is 0.553. The molecule has 3 rings (SSSR count). The van der Waals surface area contributed by atoms with Gasteiger partial charge >= 0.3 is 6.18 Å². The van der Waals surface area contributed by atoms with Gasteiger partial charge < -0.3 is 10.6 Å². The Kier molecular flexibility index (Phi) is 6.12. The predicted octanol–water partition coefficient (Wildman–Crippen LogP) is 5.49. The van der Waals surface area contributed by atoms with Crippen LogP contribution in [0.25, 0.3) is 10.2 Å². The van der Waals surface area contributed by atoms with Crippen LogP contribution in [-0.4, -0.2) is 23.5 Å². The third kappa shape index (κ3) is 5.26. The van der Waals surface area contributed by atoms with Crippen molar-refractivity contribution in [3.8, 4) is 0 Å². The number of halogens is 3. The van der Waals surface area contributed by atoms with Crippen LogP contribution in [0.4, 0.5) is 18.9 Å². The molecular formula is C21H22F3N3OS. The molecule has 1 amide bonds. The van der Waals surface area contributed by atoms with Gasteiger partial charge in [-0.2, -0.15) is 13.2 Å². The van der Waals surface area contributed by atoms with Crippen molar-refractivity contribution in [2.75, 3.05) is 11.9 Å². The molecule has 0 unspecified atom stereocenters. The number of carbonyl (C=O) groups is 1. The fourth-order valence-corrected chi connectivity index (χ4v) is 3.78. The molecule has 0 saturated carbocycles. The number of rotatable bonds is 6. The molecule has 0 aliphatic heterocycles. The molecule has 4 nitrogen and oxygen atoms in total. The normalized spacial score (nSPS) is 12.9. The number of amides is 1. The molecule has 0 saturated heterocycles. The number of benzene rings is 2. The first-order valence-corrected chi connectivity index (χ1v) is 10.0. The Balaban J connectivity index is 1.64. The topological polar surface area (TPSA) is 54.0 Å². The van der Waals surface area contributed by atoms with Crippen molar-refractivity contribution in [1.82, 2.24) is 10.3 Å². The van der Waals surface area contributed by atoms with Crippen LogP contribution in [0.2, 0.25) is 0 Å². The molecule has 0 aliphatic carbocycles. The molecule has 8 heteroatoms. The number of hydrogen-bond donors (Lipinski definition) is 2. The van der Waals surface area contributed by atoms with Crippen LogP contribution in [0, 0.1) is 12.8 Å². The maximum atomic E-state index is 12.7. The summed E-state index contributed by atoms with van der Waals surface area (Å²) in [5, 5.41) is 7.06. The van der Waals surface area contributed by atoms with Crippen LogP contribution >= 0.6 is 11.3 Å². The number of thiazole rings is 1. The van der Waals surface area contributed by atoms with Crippen LogP contribution < -0.4 is 10.6 Å². The van der Waals surface area contributed by atoms with E-state index in [1.54, 1.807) is 6.07 Å². The van der Waals surface area contributed by atoms with Gasteiger partial charge in [0.1, 0.15) is 0 Å². The first kappa shape index (κ1) is 21.1. The molecule has 2 N–H and O–H groups in total. The number of aryl methyl sites for hydroxylation is 1. The van der Waals surface area contributed by atoms with Crippen molar-refractivity contribution in [2.45, 2.75) is 33.0 Å². The van der Waals surface area contributed by atoms with E-state index in [-0.39, 0.29) is 17.9 Å². The predicted molar refractivity (Wildman–Crippen MR) is 110 cm³/mol. The third-order valence-electron chi connectivity index (χ3n) is 4.61. The summed E-state index contributed by atoms with van der Waals surface area (Å²) in [5.41, 5.74) is 1.31. The molecule has 0 bridgehead atoms. The lowest BCUT2D eigenvalue weighted by Gasteiger charge is -2.24. The lowest BCUT2D eigenvalue weighted by atomic mass is 10.0. The number of anilines is 1. The first-order chi connectivity index (χ1) is 13.6. The minimum absolute atomic E-state index is 0.134. The smallest absolute Gasteiger partial charge is 0.380 e. The fraction of sp³-hybridized carbons (Fsp3) is 0.333. The number of hydrogen-bond acceptors (Lipinski definition) is 4. The Bertz CT molecular complexity index is 997. The van der Waals surface area contributed by atoms with Crippen molar-refractivity contribution < 1.29 is 18.0 Å². The Morgan fingerprint density at radius 2 is 1.83 bits per heavy atom. The highest BCUT2D eigenvalue weighted by atomic mass is 32.1. The molecule has 1 aromatic heterocycles. The minimum Gasteiger partial charge on any atom is -0.380 e. The van der Waals surface area contributed by atoms with Crippen LogP contribution in [0.5, 0.6) is 0 Å². The summed E-state index contributed by atoms with van der Waals surface area (Å²) in [7, 11) is 0. The zero-order chi connectivity index (χ0) is 21.2. The summed E-state index contributed by atoms with van der Waals surface area (Å²) in [5.74, 6) is -0.0398. The maximum absolute atomic E-state index is 12.7. The number of fused-ring (bicyclic) bond motifs is 1. The molecule has 29 heavy (non-hydrogen) atoms. The highest BCUT2D eigenvalue weighted by molar-refractivity contribution is 7.18. The second kappa shape index (κ2) is 8.41. The van der Waals surface area contributed by atoms with E-state index < -0.39 is 11.7 Å². The average molecular weight is 421 g/mol.